The molecule has 1 aromatic carbocycles. The molecule has 0 unspecified atom stereocenters. The Morgan fingerprint density at radius 3 is 1.93 bits per heavy atom. The Labute approximate surface area is 181 Å². The first kappa shape index (κ1) is 22.0. The summed E-state index contributed by atoms with van der Waals surface area (Å²) in [6.45, 7) is 3.94. The minimum atomic E-state index is -0.668. The quantitative estimate of drug-likeness (QED) is 0.450. The molecule has 4 rings (SSSR count). The van der Waals surface area contributed by atoms with Crippen molar-refractivity contribution in [2.45, 2.75) is 115 Å². The van der Waals surface area contributed by atoms with Gasteiger partial charge in [-0.25, -0.2) is 8.78 Å². The van der Waals surface area contributed by atoms with Crippen molar-refractivity contribution in [3.8, 4) is 0 Å². The van der Waals surface area contributed by atoms with E-state index in [0.29, 0.717) is 23.3 Å². The largest absolute Gasteiger partial charge is 0.375 e. The van der Waals surface area contributed by atoms with Crippen LogP contribution in [0.5, 0.6) is 0 Å². The second-order valence-corrected chi connectivity index (χ2v) is 9.97. The Morgan fingerprint density at radius 1 is 0.767 bits per heavy atom. The Hall–Kier alpha value is -1.22. The zero-order valence-electron chi connectivity index (χ0n) is 18.8. The maximum absolute atomic E-state index is 14.4. The number of aryl methyl sites for hydroxylation is 1. The van der Waals surface area contributed by atoms with Crippen molar-refractivity contribution in [1.82, 2.24) is 0 Å². The molecule has 0 amide bonds. The van der Waals surface area contributed by atoms with Crippen LogP contribution in [0.2, 0.25) is 0 Å². The number of benzene rings is 1. The molecule has 0 radical (unpaired) electrons. The molecule has 0 N–H and O–H groups in total. The lowest BCUT2D eigenvalue weighted by molar-refractivity contribution is -0.0471. The highest BCUT2D eigenvalue weighted by Crippen LogP contribution is 2.41. The highest BCUT2D eigenvalue weighted by Gasteiger charge is 2.28. The van der Waals surface area contributed by atoms with Crippen LogP contribution in [-0.4, -0.2) is 12.2 Å². The number of rotatable bonds is 4. The molecule has 166 valence electrons. The molecule has 0 saturated heterocycles. The molecule has 3 aliphatic rings. The van der Waals surface area contributed by atoms with E-state index in [-0.39, 0.29) is 5.92 Å². The van der Waals surface area contributed by atoms with E-state index in [1.54, 1.807) is 30.2 Å². The van der Waals surface area contributed by atoms with Gasteiger partial charge in [0.2, 0.25) is 0 Å². The average Bonchev–Trinajstić information content (AvgIpc) is 2.79. The Bertz CT molecular complexity index is 740. The molecule has 0 aromatic heterocycles. The van der Waals surface area contributed by atoms with Gasteiger partial charge in [-0.3, -0.25) is 0 Å². The fourth-order valence-electron chi connectivity index (χ4n) is 5.98. The van der Waals surface area contributed by atoms with Gasteiger partial charge >= 0.3 is 0 Å². The third-order valence-electron chi connectivity index (χ3n) is 8.13. The number of halogens is 2. The normalized spacial score (nSPS) is 30.5. The Balaban J connectivity index is 1.26. The van der Waals surface area contributed by atoms with Crippen molar-refractivity contribution >= 4 is 0 Å². The van der Waals surface area contributed by atoms with Crippen molar-refractivity contribution in [3.05, 3.63) is 46.0 Å². The summed E-state index contributed by atoms with van der Waals surface area (Å²) in [6, 6.07) is 3.52. The Kier molecular flexibility index (Phi) is 7.28. The van der Waals surface area contributed by atoms with Gasteiger partial charge in [-0.15, -0.1) is 0 Å². The van der Waals surface area contributed by atoms with E-state index in [2.05, 4.69) is 6.92 Å². The van der Waals surface area contributed by atoms with Gasteiger partial charge in [-0.2, -0.15) is 0 Å². The minimum absolute atomic E-state index is 0.155. The lowest BCUT2D eigenvalue weighted by atomic mass is 9.77. The highest BCUT2D eigenvalue weighted by atomic mass is 19.2. The van der Waals surface area contributed by atoms with Crippen LogP contribution in [0.25, 0.3) is 0 Å². The summed E-state index contributed by atoms with van der Waals surface area (Å²) >= 11 is 0. The van der Waals surface area contributed by atoms with Crippen LogP contribution in [0.15, 0.2) is 23.3 Å². The number of allylic oxidation sites excluding steroid dienone is 2. The van der Waals surface area contributed by atoms with Gasteiger partial charge in [0.25, 0.3) is 0 Å². The monoisotopic (exact) mass is 416 g/mol. The predicted molar refractivity (Wildman–Crippen MR) is 119 cm³/mol. The van der Waals surface area contributed by atoms with E-state index < -0.39 is 11.6 Å². The topological polar surface area (TPSA) is 9.23 Å². The standard InChI is InChI=1S/C27H38F2O/c1-3-19-5-13-23(14-6-19)30-24-15-11-21(12-16-24)20-7-9-22(10-8-20)25-17-4-18(2)26(28)27(25)29/h4,17,19,22-24H,3,5-16H2,1-2H3. The van der Waals surface area contributed by atoms with E-state index in [9.17, 15) is 8.78 Å². The number of ether oxygens (including phenoxy) is 1. The van der Waals surface area contributed by atoms with Crippen molar-refractivity contribution in [3.63, 3.8) is 0 Å². The summed E-state index contributed by atoms with van der Waals surface area (Å²) in [7, 11) is 0. The summed E-state index contributed by atoms with van der Waals surface area (Å²) in [5.41, 5.74) is 4.21. The molecular weight excluding hydrogens is 378 g/mol. The summed E-state index contributed by atoms with van der Waals surface area (Å²) in [5.74, 6) is -0.213. The first-order valence-electron chi connectivity index (χ1n) is 12.3. The van der Waals surface area contributed by atoms with E-state index in [0.717, 1.165) is 44.4 Å². The molecule has 3 aliphatic carbocycles. The van der Waals surface area contributed by atoms with Crippen molar-refractivity contribution in [2.24, 2.45) is 5.92 Å². The first-order chi connectivity index (χ1) is 14.5. The third kappa shape index (κ3) is 4.98. The van der Waals surface area contributed by atoms with E-state index in [1.165, 1.54) is 44.9 Å². The van der Waals surface area contributed by atoms with Gasteiger partial charge in [0.1, 0.15) is 0 Å². The van der Waals surface area contributed by atoms with Crippen LogP contribution in [-0.2, 0) is 4.74 Å². The van der Waals surface area contributed by atoms with Crippen molar-refractivity contribution in [2.75, 3.05) is 0 Å². The van der Waals surface area contributed by atoms with Crippen LogP contribution in [0, 0.1) is 24.5 Å². The second-order valence-electron chi connectivity index (χ2n) is 9.97. The maximum atomic E-state index is 14.4. The summed E-state index contributed by atoms with van der Waals surface area (Å²) in [5, 5.41) is 0. The van der Waals surface area contributed by atoms with E-state index >= 15 is 0 Å². The molecule has 1 nitrogen and oxygen atoms in total. The molecule has 0 heterocycles. The lowest BCUT2D eigenvalue weighted by Gasteiger charge is -2.34. The van der Waals surface area contributed by atoms with Gasteiger partial charge in [0.05, 0.1) is 12.2 Å². The van der Waals surface area contributed by atoms with Gasteiger partial charge in [-0.05, 0) is 107 Å². The van der Waals surface area contributed by atoms with Gasteiger partial charge < -0.3 is 4.74 Å². The van der Waals surface area contributed by atoms with Crippen LogP contribution in [0.1, 0.15) is 107 Å². The molecular formula is C27H38F2O. The second kappa shape index (κ2) is 9.94. The highest BCUT2D eigenvalue weighted by molar-refractivity contribution is 5.30. The molecule has 0 atom stereocenters. The SMILES string of the molecule is CCC1CCC(OC2CCC(=C3CCC(c4ccc(C)c(F)c4F)CC3)CC2)CC1. The maximum Gasteiger partial charge on any atom is 0.162 e. The smallest absolute Gasteiger partial charge is 0.162 e. The molecule has 0 spiro atoms. The number of hydrogen-bond acceptors (Lipinski definition) is 1. The molecule has 30 heavy (non-hydrogen) atoms. The summed E-state index contributed by atoms with van der Waals surface area (Å²) < 4.78 is 34.8. The molecule has 3 heteroatoms. The van der Waals surface area contributed by atoms with Crippen LogP contribution >= 0.6 is 0 Å². The molecule has 0 bridgehead atoms. The van der Waals surface area contributed by atoms with Crippen molar-refractivity contribution in [1.29, 1.82) is 0 Å². The Morgan fingerprint density at radius 2 is 1.33 bits per heavy atom. The predicted octanol–water partition coefficient (Wildman–Crippen LogP) is 8.16. The fraction of sp³-hybridized carbons (Fsp3) is 0.704. The number of hydrogen-bond donors (Lipinski definition) is 0. The van der Waals surface area contributed by atoms with Crippen molar-refractivity contribution < 1.29 is 13.5 Å². The molecule has 1 aromatic rings. The molecule has 3 saturated carbocycles. The molecule has 3 fully saturated rings. The zero-order chi connectivity index (χ0) is 21.1. The van der Waals surface area contributed by atoms with Gasteiger partial charge in [0.15, 0.2) is 11.6 Å². The lowest BCUT2D eigenvalue weighted by Crippen LogP contribution is -2.28. The minimum Gasteiger partial charge on any atom is -0.375 e. The fourth-order valence-corrected chi connectivity index (χ4v) is 5.98. The van der Waals surface area contributed by atoms with Crippen LogP contribution in [0.4, 0.5) is 8.78 Å². The van der Waals surface area contributed by atoms with E-state index in [1.807, 2.05) is 0 Å². The third-order valence-corrected chi connectivity index (χ3v) is 8.13. The zero-order valence-corrected chi connectivity index (χ0v) is 18.8. The van der Waals surface area contributed by atoms with Crippen LogP contribution < -0.4 is 0 Å². The van der Waals surface area contributed by atoms with Gasteiger partial charge in [0, 0.05) is 0 Å². The summed E-state index contributed by atoms with van der Waals surface area (Å²) in [6.07, 6.45) is 16.1. The average molecular weight is 417 g/mol. The van der Waals surface area contributed by atoms with Crippen LogP contribution in [0.3, 0.4) is 0 Å². The summed E-state index contributed by atoms with van der Waals surface area (Å²) in [4.78, 5) is 0. The van der Waals surface area contributed by atoms with Gasteiger partial charge in [-0.1, -0.05) is 36.6 Å². The first-order valence-corrected chi connectivity index (χ1v) is 12.3. The molecule has 0 aliphatic heterocycles. The van der Waals surface area contributed by atoms with E-state index in [4.69, 9.17) is 4.74 Å².